The van der Waals surface area contributed by atoms with E-state index in [2.05, 4.69) is 30.6 Å². The van der Waals surface area contributed by atoms with Crippen LogP contribution in [0.3, 0.4) is 0 Å². The van der Waals surface area contributed by atoms with E-state index < -0.39 is 17.8 Å². The molecule has 6 rings (SSSR count). The molecule has 0 saturated heterocycles. The summed E-state index contributed by atoms with van der Waals surface area (Å²) < 4.78 is 47.7. The highest BCUT2D eigenvalue weighted by Crippen LogP contribution is 2.36. The van der Waals surface area contributed by atoms with Gasteiger partial charge in [0.15, 0.2) is 5.65 Å². The number of rotatable bonds is 6. The van der Waals surface area contributed by atoms with Crippen molar-refractivity contribution in [3.63, 3.8) is 0 Å². The minimum atomic E-state index is -4.57. The summed E-state index contributed by atoms with van der Waals surface area (Å²) in [6, 6.07) is 18.5. The third-order valence-electron chi connectivity index (χ3n) is 6.24. The highest BCUT2D eigenvalue weighted by atomic mass is 19.4. The summed E-state index contributed by atoms with van der Waals surface area (Å²) in [7, 11) is 0. The van der Waals surface area contributed by atoms with Gasteiger partial charge in [0.2, 0.25) is 0 Å². The molecule has 0 aliphatic heterocycles. The monoisotopic (exact) mass is 567 g/mol. The first-order valence-electron chi connectivity index (χ1n) is 12.6. The Bertz CT molecular complexity index is 1860. The number of ether oxygens (including phenoxy) is 1. The number of benzene rings is 3. The molecule has 0 saturated carbocycles. The molecule has 0 radical (unpaired) electrons. The molecule has 0 spiro atoms. The summed E-state index contributed by atoms with van der Waals surface area (Å²) in [6.45, 7) is 0. The van der Waals surface area contributed by atoms with Crippen molar-refractivity contribution in [1.82, 2.24) is 24.3 Å². The molecular formula is C30H20F3N7O2. The molecule has 2 amide bonds. The first-order valence-corrected chi connectivity index (χ1v) is 12.6. The summed E-state index contributed by atoms with van der Waals surface area (Å²) in [6.07, 6.45) is 5.02. The largest absolute Gasteiger partial charge is 0.424 e. The number of imidazole rings is 1. The number of hydrogen-bond acceptors (Lipinski definition) is 6. The molecule has 3 aromatic carbocycles. The molecule has 0 aliphatic rings. The standard InChI is InChI=1S/C30H20F3N7O2/c31-30(32,33)21-8-11-24(19-4-2-1-3-5-19)25(14-21)39-28(41)38-22-15-36-29(37-16-22)42-23-9-6-20(7-10-23)26-17-35-27-18-34-12-13-40(26)27/h1-18H,(H2,38,39,41). The summed E-state index contributed by atoms with van der Waals surface area (Å²) in [4.78, 5) is 29.3. The minimum Gasteiger partial charge on any atom is -0.424 e. The smallest absolute Gasteiger partial charge is 0.416 e. The fourth-order valence-electron chi connectivity index (χ4n) is 4.27. The van der Waals surface area contributed by atoms with Crippen molar-refractivity contribution in [3.05, 3.63) is 116 Å². The molecule has 12 heteroatoms. The Kier molecular flexibility index (Phi) is 6.93. The van der Waals surface area contributed by atoms with E-state index >= 15 is 0 Å². The molecule has 2 N–H and O–H groups in total. The van der Waals surface area contributed by atoms with Gasteiger partial charge in [-0.05, 0) is 42.0 Å². The van der Waals surface area contributed by atoms with Crippen LogP contribution < -0.4 is 15.4 Å². The number of hydrogen-bond donors (Lipinski definition) is 2. The number of carbonyl (C=O) groups is 1. The van der Waals surface area contributed by atoms with Crippen molar-refractivity contribution in [3.8, 4) is 34.1 Å². The van der Waals surface area contributed by atoms with Crippen molar-refractivity contribution >= 4 is 23.1 Å². The van der Waals surface area contributed by atoms with Crippen LogP contribution in [0, 0.1) is 0 Å². The molecule has 9 nitrogen and oxygen atoms in total. The predicted molar refractivity (Wildman–Crippen MR) is 150 cm³/mol. The lowest BCUT2D eigenvalue weighted by molar-refractivity contribution is -0.137. The van der Waals surface area contributed by atoms with E-state index in [-0.39, 0.29) is 17.4 Å². The summed E-state index contributed by atoms with van der Waals surface area (Å²) in [5, 5.41) is 5.04. The lowest BCUT2D eigenvalue weighted by Crippen LogP contribution is -2.20. The van der Waals surface area contributed by atoms with E-state index in [1.54, 1.807) is 61.1 Å². The Morgan fingerprint density at radius 3 is 2.31 bits per heavy atom. The molecule has 0 aliphatic carbocycles. The molecule has 3 aromatic heterocycles. The summed E-state index contributed by atoms with van der Waals surface area (Å²) in [5.41, 5.74) is 2.96. The molecule has 0 atom stereocenters. The minimum absolute atomic E-state index is 0.00145. The third-order valence-corrected chi connectivity index (χ3v) is 6.24. The molecule has 6 aromatic rings. The molecule has 42 heavy (non-hydrogen) atoms. The number of nitrogens with one attached hydrogen (secondary N) is 2. The fourth-order valence-corrected chi connectivity index (χ4v) is 4.27. The van der Waals surface area contributed by atoms with Crippen LogP contribution >= 0.6 is 0 Å². The average molecular weight is 568 g/mol. The fraction of sp³-hybridized carbons (Fsp3) is 0.0333. The van der Waals surface area contributed by atoms with Crippen LogP contribution in [0.1, 0.15) is 5.56 Å². The zero-order valence-electron chi connectivity index (χ0n) is 21.6. The van der Waals surface area contributed by atoms with Crippen molar-refractivity contribution < 1.29 is 22.7 Å². The SMILES string of the molecule is O=C(Nc1cnc(Oc2ccc(-c3cnc4cnccn34)cc2)nc1)Nc1cc(C(F)(F)F)ccc1-c1ccccc1. The van der Waals surface area contributed by atoms with Gasteiger partial charge in [-0.15, -0.1) is 0 Å². The zero-order chi connectivity index (χ0) is 29.1. The Morgan fingerprint density at radius 1 is 0.810 bits per heavy atom. The van der Waals surface area contributed by atoms with Gasteiger partial charge in [0.05, 0.1) is 47.4 Å². The van der Waals surface area contributed by atoms with Gasteiger partial charge in [0.1, 0.15) is 5.75 Å². The second-order valence-corrected chi connectivity index (χ2v) is 9.03. The zero-order valence-corrected chi connectivity index (χ0v) is 21.6. The maximum Gasteiger partial charge on any atom is 0.416 e. The number of aromatic nitrogens is 5. The second-order valence-electron chi connectivity index (χ2n) is 9.03. The number of fused-ring (bicyclic) bond motifs is 1. The number of alkyl halides is 3. The normalized spacial score (nSPS) is 11.3. The summed E-state index contributed by atoms with van der Waals surface area (Å²) in [5.74, 6) is 0.491. The Hall–Kier alpha value is -5.78. The predicted octanol–water partition coefficient (Wildman–Crippen LogP) is 7.31. The first-order chi connectivity index (χ1) is 20.3. The topological polar surface area (TPSA) is 106 Å². The van der Waals surface area contributed by atoms with Gasteiger partial charge in [-0.2, -0.15) is 13.2 Å². The number of halogens is 3. The maximum absolute atomic E-state index is 13.4. The molecule has 0 unspecified atom stereocenters. The highest BCUT2D eigenvalue weighted by Gasteiger charge is 2.31. The highest BCUT2D eigenvalue weighted by molar-refractivity contribution is 6.02. The van der Waals surface area contributed by atoms with Crippen LogP contribution in [-0.2, 0) is 6.18 Å². The van der Waals surface area contributed by atoms with Crippen LogP contribution in [0.5, 0.6) is 11.8 Å². The van der Waals surface area contributed by atoms with E-state index in [4.69, 9.17) is 4.74 Å². The van der Waals surface area contributed by atoms with Crippen LogP contribution in [0.25, 0.3) is 28.0 Å². The van der Waals surface area contributed by atoms with Gasteiger partial charge in [0, 0.05) is 23.5 Å². The van der Waals surface area contributed by atoms with Crippen molar-refractivity contribution in [1.29, 1.82) is 0 Å². The number of urea groups is 1. The van der Waals surface area contributed by atoms with Gasteiger partial charge >= 0.3 is 18.2 Å². The Labute approximate surface area is 236 Å². The number of carbonyl (C=O) groups excluding carboxylic acids is 1. The van der Waals surface area contributed by atoms with Crippen molar-refractivity contribution in [2.24, 2.45) is 0 Å². The molecule has 0 bridgehead atoms. The van der Waals surface area contributed by atoms with Gasteiger partial charge < -0.3 is 15.4 Å². The first kappa shape index (κ1) is 26.4. The number of nitrogens with zero attached hydrogens (tertiary/aromatic N) is 5. The van der Waals surface area contributed by atoms with Crippen LogP contribution in [0.2, 0.25) is 0 Å². The number of amides is 2. The van der Waals surface area contributed by atoms with E-state index in [0.29, 0.717) is 16.9 Å². The average Bonchev–Trinajstić information content (AvgIpc) is 3.43. The van der Waals surface area contributed by atoms with Gasteiger partial charge in [-0.3, -0.25) is 9.38 Å². The van der Waals surface area contributed by atoms with Gasteiger partial charge in [0.25, 0.3) is 0 Å². The van der Waals surface area contributed by atoms with E-state index in [0.717, 1.165) is 29.0 Å². The lowest BCUT2D eigenvalue weighted by Gasteiger charge is -2.15. The molecular weight excluding hydrogens is 547 g/mol. The van der Waals surface area contributed by atoms with Crippen LogP contribution in [0.4, 0.5) is 29.3 Å². The quantitative estimate of drug-likeness (QED) is 0.219. The molecule has 3 heterocycles. The lowest BCUT2D eigenvalue weighted by atomic mass is 10.0. The molecule has 0 fully saturated rings. The Morgan fingerprint density at radius 2 is 1.57 bits per heavy atom. The maximum atomic E-state index is 13.4. The number of anilines is 2. The Balaban J connectivity index is 1.12. The van der Waals surface area contributed by atoms with E-state index in [9.17, 15) is 18.0 Å². The van der Waals surface area contributed by atoms with E-state index in [1.807, 2.05) is 22.7 Å². The van der Waals surface area contributed by atoms with Crippen LogP contribution in [0.15, 0.2) is 110 Å². The van der Waals surface area contributed by atoms with Crippen LogP contribution in [-0.4, -0.2) is 30.4 Å². The van der Waals surface area contributed by atoms with Crippen molar-refractivity contribution in [2.75, 3.05) is 10.6 Å². The van der Waals surface area contributed by atoms with Gasteiger partial charge in [-0.1, -0.05) is 36.4 Å². The van der Waals surface area contributed by atoms with E-state index in [1.165, 1.54) is 18.5 Å². The third kappa shape index (κ3) is 5.72. The second kappa shape index (κ2) is 11.0. The molecule has 208 valence electrons. The summed E-state index contributed by atoms with van der Waals surface area (Å²) >= 11 is 0. The van der Waals surface area contributed by atoms with Crippen molar-refractivity contribution in [2.45, 2.75) is 6.18 Å². The van der Waals surface area contributed by atoms with Gasteiger partial charge in [-0.25, -0.2) is 19.7 Å².